The number of ether oxygens (including phenoxy) is 2. The van der Waals surface area contributed by atoms with Gasteiger partial charge in [-0.3, -0.25) is 0 Å². The highest BCUT2D eigenvalue weighted by Crippen LogP contribution is 2.36. The third-order valence-corrected chi connectivity index (χ3v) is 2.18. The van der Waals surface area contributed by atoms with Crippen molar-refractivity contribution >= 4 is 5.69 Å². The van der Waals surface area contributed by atoms with Crippen LogP contribution < -0.4 is 20.5 Å². The van der Waals surface area contributed by atoms with Crippen LogP contribution in [-0.4, -0.2) is 19.9 Å². The van der Waals surface area contributed by atoms with Crippen molar-refractivity contribution in [3.8, 4) is 11.5 Å². The Morgan fingerprint density at radius 1 is 1.36 bits per heavy atom. The lowest BCUT2D eigenvalue weighted by Crippen LogP contribution is -2.13. The number of nitrogens with two attached hydrogens (primary N) is 1. The monoisotopic (exact) mass is 194 g/mol. The van der Waals surface area contributed by atoms with Gasteiger partial charge in [0.1, 0.15) is 0 Å². The van der Waals surface area contributed by atoms with Crippen molar-refractivity contribution in [3.63, 3.8) is 0 Å². The van der Waals surface area contributed by atoms with E-state index in [1.807, 2.05) is 19.1 Å². The maximum atomic E-state index is 5.42. The zero-order valence-corrected chi connectivity index (χ0v) is 8.17. The number of hydrogen-bond donors (Lipinski definition) is 2. The van der Waals surface area contributed by atoms with Gasteiger partial charge in [0, 0.05) is 24.8 Å². The molecule has 14 heavy (non-hydrogen) atoms. The molecule has 0 atom stereocenters. The van der Waals surface area contributed by atoms with Crippen molar-refractivity contribution in [2.24, 2.45) is 5.73 Å². The third kappa shape index (κ3) is 1.61. The highest BCUT2D eigenvalue weighted by atomic mass is 16.7. The summed E-state index contributed by atoms with van der Waals surface area (Å²) >= 11 is 0. The Labute approximate surface area is 83.0 Å². The Kier molecular flexibility index (Phi) is 2.45. The van der Waals surface area contributed by atoms with E-state index in [1.165, 1.54) is 0 Å². The van der Waals surface area contributed by atoms with Gasteiger partial charge in [-0.1, -0.05) is 0 Å². The zero-order valence-electron chi connectivity index (χ0n) is 8.17. The van der Waals surface area contributed by atoms with Gasteiger partial charge in [-0.25, -0.2) is 0 Å². The summed E-state index contributed by atoms with van der Waals surface area (Å²) in [4.78, 5) is 0. The SMILES string of the molecule is Cc1cc2c(cc1NCCN)OCO2. The van der Waals surface area contributed by atoms with Gasteiger partial charge in [-0.05, 0) is 18.6 Å². The number of nitrogens with one attached hydrogen (secondary N) is 1. The van der Waals surface area contributed by atoms with Crippen LogP contribution in [0.25, 0.3) is 0 Å². The Morgan fingerprint density at radius 3 is 2.79 bits per heavy atom. The van der Waals surface area contributed by atoms with E-state index >= 15 is 0 Å². The number of rotatable bonds is 3. The summed E-state index contributed by atoms with van der Waals surface area (Å²) in [6.07, 6.45) is 0. The van der Waals surface area contributed by atoms with Gasteiger partial charge in [0.2, 0.25) is 6.79 Å². The second-order valence-corrected chi connectivity index (χ2v) is 3.24. The van der Waals surface area contributed by atoms with Gasteiger partial charge in [0.15, 0.2) is 11.5 Å². The fourth-order valence-corrected chi connectivity index (χ4v) is 1.44. The highest BCUT2D eigenvalue weighted by molar-refractivity contribution is 5.60. The lowest BCUT2D eigenvalue weighted by Gasteiger charge is -2.09. The molecule has 1 aromatic rings. The Balaban J connectivity index is 2.23. The van der Waals surface area contributed by atoms with Crippen LogP contribution in [-0.2, 0) is 0 Å². The first kappa shape index (κ1) is 9.15. The molecule has 1 heterocycles. The van der Waals surface area contributed by atoms with Crippen LogP contribution in [0.4, 0.5) is 5.69 Å². The number of benzene rings is 1. The number of fused-ring (bicyclic) bond motifs is 1. The predicted octanol–water partition coefficient (Wildman–Crippen LogP) is 1.09. The van der Waals surface area contributed by atoms with E-state index in [2.05, 4.69) is 5.32 Å². The van der Waals surface area contributed by atoms with Crippen molar-refractivity contribution in [2.75, 3.05) is 25.2 Å². The molecule has 0 fully saturated rings. The van der Waals surface area contributed by atoms with Crippen molar-refractivity contribution < 1.29 is 9.47 Å². The molecule has 0 radical (unpaired) electrons. The van der Waals surface area contributed by atoms with Gasteiger partial charge in [-0.15, -0.1) is 0 Å². The predicted molar refractivity (Wildman–Crippen MR) is 54.8 cm³/mol. The van der Waals surface area contributed by atoms with Crippen molar-refractivity contribution in [2.45, 2.75) is 6.92 Å². The van der Waals surface area contributed by atoms with E-state index in [0.29, 0.717) is 13.3 Å². The number of anilines is 1. The fourth-order valence-electron chi connectivity index (χ4n) is 1.44. The first-order valence-corrected chi connectivity index (χ1v) is 4.65. The second kappa shape index (κ2) is 3.75. The minimum atomic E-state index is 0.315. The molecule has 76 valence electrons. The minimum absolute atomic E-state index is 0.315. The van der Waals surface area contributed by atoms with Crippen LogP contribution in [0.1, 0.15) is 5.56 Å². The molecular formula is C10H14N2O2. The van der Waals surface area contributed by atoms with Gasteiger partial charge >= 0.3 is 0 Å². The topological polar surface area (TPSA) is 56.5 Å². The van der Waals surface area contributed by atoms with Crippen LogP contribution in [0.5, 0.6) is 11.5 Å². The molecule has 0 spiro atoms. The largest absolute Gasteiger partial charge is 0.454 e. The van der Waals surface area contributed by atoms with Crippen LogP contribution in [0.3, 0.4) is 0 Å². The van der Waals surface area contributed by atoms with E-state index in [-0.39, 0.29) is 0 Å². The molecule has 1 aromatic carbocycles. The first-order chi connectivity index (χ1) is 6.81. The summed E-state index contributed by atoms with van der Waals surface area (Å²) in [6, 6.07) is 3.93. The number of hydrogen-bond acceptors (Lipinski definition) is 4. The van der Waals surface area contributed by atoms with Gasteiger partial charge < -0.3 is 20.5 Å². The third-order valence-electron chi connectivity index (χ3n) is 2.18. The van der Waals surface area contributed by atoms with Crippen molar-refractivity contribution in [1.29, 1.82) is 0 Å². The fraction of sp³-hybridized carbons (Fsp3) is 0.400. The van der Waals surface area contributed by atoms with Gasteiger partial charge in [0.25, 0.3) is 0 Å². The zero-order chi connectivity index (χ0) is 9.97. The summed E-state index contributed by atoms with van der Waals surface area (Å²) in [6.45, 7) is 3.73. The van der Waals surface area contributed by atoms with Gasteiger partial charge in [-0.2, -0.15) is 0 Å². The summed E-state index contributed by atoms with van der Waals surface area (Å²) in [5.74, 6) is 1.62. The Bertz CT molecular complexity index is 339. The van der Waals surface area contributed by atoms with Crippen LogP contribution in [0.2, 0.25) is 0 Å². The van der Waals surface area contributed by atoms with Crippen LogP contribution in [0, 0.1) is 6.92 Å². The van der Waals surface area contributed by atoms with Crippen LogP contribution >= 0.6 is 0 Å². The smallest absolute Gasteiger partial charge is 0.231 e. The first-order valence-electron chi connectivity index (χ1n) is 4.65. The summed E-state index contributed by atoms with van der Waals surface area (Å²) in [7, 11) is 0. The summed E-state index contributed by atoms with van der Waals surface area (Å²) < 4.78 is 10.5. The van der Waals surface area contributed by atoms with E-state index in [4.69, 9.17) is 15.2 Å². The van der Waals surface area contributed by atoms with E-state index < -0.39 is 0 Å². The molecule has 2 rings (SSSR count). The molecule has 0 saturated heterocycles. The lowest BCUT2D eigenvalue weighted by molar-refractivity contribution is 0.174. The summed E-state index contributed by atoms with van der Waals surface area (Å²) in [5.41, 5.74) is 7.62. The van der Waals surface area contributed by atoms with E-state index in [1.54, 1.807) is 0 Å². The molecule has 0 bridgehead atoms. The maximum Gasteiger partial charge on any atom is 0.231 e. The highest BCUT2D eigenvalue weighted by Gasteiger charge is 2.15. The molecule has 1 aliphatic heterocycles. The normalized spacial score (nSPS) is 13.0. The quantitative estimate of drug-likeness (QED) is 0.756. The number of aryl methyl sites for hydroxylation is 1. The van der Waals surface area contributed by atoms with Crippen molar-refractivity contribution in [1.82, 2.24) is 0 Å². The van der Waals surface area contributed by atoms with Gasteiger partial charge in [0.05, 0.1) is 0 Å². The second-order valence-electron chi connectivity index (χ2n) is 3.24. The molecule has 0 saturated carbocycles. The molecule has 0 aromatic heterocycles. The molecule has 0 aliphatic carbocycles. The molecule has 0 unspecified atom stereocenters. The average molecular weight is 194 g/mol. The molecule has 0 amide bonds. The van der Waals surface area contributed by atoms with E-state index in [9.17, 15) is 0 Å². The van der Waals surface area contributed by atoms with E-state index in [0.717, 1.165) is 29.3 Å². The molecule has 1 aliphatic rings. The van der Waals surface area contributed by atoms with Crippen LogP contribution in [0.15, 0.2) is 12.1 Å². The minimum Gasteiger partial charge on any atom is -0.454 e. The average Bonchev–Trinajstić information content (AvgIpc) is 2.61. The molecular weight excluding hydrogens is 180 g/mol. The molecule has 3 N–H and O–H groups in total. The molecule has 4 nitrogen and oxygen atoms in total. The summed E-state index contributed by atoms with van der Waals surface area (Å²) in [5, 5.41) is 3.23. The van der Waals surface area contributed by atoms with Crippen molar-refractivity contribution in [3.05, 3.63) is 17.7 Å². The lowest BCUT2D eigenvalue weighted by atomic mass is 10.2. The Hall–Kier alpha value is -1.42. The molecule has 4 heteroatoms. The Morgan fingerprint density at radius 2 is 2.07 bits per heavy atom. The standard InChI is InChI=1S/C10H14N2O2/c1-7-4-9-10(14-6-13-9)5-8(7)12-3-2-11/h4-5,12H,2-3,6,11H2,1H3. The maximum absolute atomic E-state index is 5.42.